The number of aromatic nitrogens is 2. The van der Waals surface area contributed by atoms with Crippen LogP contribution in [-0.4, -0.2) is 21.5 Å². The number of nitrogens with zero attached hydrogens (tertiary/aromatic N) is 1. The summed E-state index contributed by atoms with van der Waals surface area (Å²) in [4.78, 5) is 19.6. The zero-order valence-electron chi connectivity index (χ0n) is 11.4. The van der Waals surface area contributed by atoms with Gasteiger partial charge in [-0.2, -0.15) is 0 Å². The summed E-state index contributed by atoms with van der Waals surface area (Å²) in [5.74, 6) is 0.539. The Morgan fingerprint density at radius 3 is 2.56 bits per heavy atom. The van der Waals surface area contributed by atoms with Crippen LogP contribution in [0.25, 0.3) is 11.0 Å². The van der Waals surface area contributed by atoms with E-state index in [0.717, 1.165) is 22.4 Å². The molecule has 4 nitrogen and oxygen atoms in total. The standard InChI is InChI=1S/C14H18N2O2/c1-8-10(13(17)18-14(3,4)5)6-7-11-12(8)16-9(2)15-11/h6-7H,1-5H3,(H,15,16). The summed E-state index contributed by atoms with van der Waals surface area (Å²) in [6.45, 7) is 9.36. The molecule has 4 heteroatoms. The number of ether oxygens (including phenoxy) is 1. The van der Waals surface area contributed by atoms with Crippen LogP contribution in [0, 0.1) is 13.8 Å². The Morgan fingerprint density at radius 2 is 1.94 bits per heavy atom. The molecule has 0 amide bonds. The van der Waals surface area contributed by atoms with Gasteiger partial charge in [0.05, 0.1) is 16.6 Å². The van der Waals surface area contributed by atoms with Gasteiger partial charge in [-0.1, -0.05) is 0 Å². The third kappa shape index (κ3) is 2.37. The molecule has 0 bridgehead atoms. The van der Waals surface area contributed by atoms with Crippen molar-refractivity contribution < 1.29 is 9.53 Å². The molecule has 18 heavy (non-hydrogen) atoms. The summed E-state index contributed by atoms with van der Waals surface area (Å²) in [6, 6.07) is 3.64. The maximum atomic E-state index is 12.1. The summed E-state index contributed by atoms with van der Waals surface area (Å²) in [6.07, 6.45) is 0. The van der Waals surface area contributed by atoms with Crippen LogP contribution in [0.3, 0.4) is 0 Å². The van der Waals surface area contributed by atoms with Gasteiger partial charge in [0.15, 0.2) is 0 Å². The predicted molar refractivity (Wildman–Crippen MR) is 70.7 cm³/mol. The number of aryl methyl sites for hydroxylation is 2. The van der Waals surface area contributed by atoms with Gasteiger partial charge in [-0.15, -0.1) is 0 Å². The van der Waals surface area contributed by atoms with Gasteiger partial charge in [0.2, 0.25) is 0 Å². The fourth-order valence-corrected chi connectivity index (χ4v) is 1.89. The normalized spacial score (nSPS) is 11.8. The first-order chi connectivity index (χ1) is 8.28. The van der Waals surface area contributed by atoms with Crippen molar-refractivity contribution >= 4 is 17.0 Å². The zero-order valence-corrected chi connectivity index (χ0v) is 11.4. The monoisotopic (exact) mass is 246 g/mol. The third-order valence-electron chi connectivity index (χ3n) is 2.64. The van der Waals surface area contributed by atoms with Crippen LogP contribution in [0.4, 0.5) is 0 Å². The molecular weight excluding hydrogens is 228 g/mol. The molecule has 0 saturated carbocycles. The minimum absolute atomic E-state index is 0.303. The van der Waals surface area contributed by atoms with Crippen molar-refractivity contribution in [1.29, 1.82) is 0 Å². The first kappa shape index (κ1) is 12.6. The highest BCUT2D eigenvalue weighted by Gasteiger charge is 2.20. The number of carbonyl (C=O) groups is 1. The molecule has 0 aliphatic rings. The van der Waals surface area contributed by atoms with Gasteiger partial charge in [0.1, 0.15) is 11.4 Å². The number of fused-ring (bicyclic) bond motifs is 1. The molecular formula is C14H18N2O2. The van der Waals surface area contributed by atoms with E-state index >= 15 is 0 Å². The highest BCUT2D eigenvalue weighted by atomic mass is 16.6. The van der Waals surface area contributed by atoms with E-state index in [-0.39, 0.29) is 5.97 Å². The van der Waals surface area contributed by atoms with Gasteiger partial charge in [-0.05, 0) is 52.3 Å². The molecule has 96 valence electrons. The maximum Gasteiger partial charge on any atom is 0.338 e. The zero-order chi connectivity index (χ0) is 13.5. The highest BCUT2D eigenvalue weighted by Crippen LogP contribution is 2.22. The van der Waals surface area contributed by atoms with Gasteiger partial charge in [0, 0.05) is 0 Å². The smallest absolute Gasteiger partial charge is 0.338 e. The van der Waals surface area contributed by atoms with E-state index in [9.17, 15) is 4.79 Å². The summed E-state index contributed by atoms with van der Waals surface area (Å²) in [5, 5.41) is 0. The number of esters is 1. The molecule has 0 aliphatic heterocycles. The Hall–Kier alpha value is -1.84. The first-order valence-corrected chi connectivity index (χ1v) is 5.97. The Bertz CT molecular complexity index is 606. The molecule has 0 spiro atoms. The summed E-state index contributed by atoms with van der Waals surface area (Å²) in [7, 11) is 0. The Kier molecular flexibility index (Phi) is 2.89. The van der Waals surface area contributed by atoms with E-state index in [1.54, 1.807) is 6.07 Å². The number of aromatic amines is 1. The van der Waals surface area contributed by atoms with Crippen molar-refractivity contribution in [2.24, 2.45) is 0 Å². The molecule has 1 heterocycles. The molecule has 0 radical (unpaired) electrons. The van der Waals surface area contributed by atoms with E-state index in [1.165, 1.54) is 0 Å². The average Bonchev–Trinajstić information content (AvgIpc) is 2.57. The van der Waals surface area contributed by atoms with Gasteiger partial charge in [-0.25, -0.2) is 9.78 Å². The molecule has 0 unspecified atom stereocenters. The second kappa shape index (κ2) is 4.12. The Balaban J connectivity index is 2.46. The number of carbonyl (C=O) groups excluding carboxylic acids is 1. The fraction of sp³-hybridized carbons (Fsp3) is 0.429. The van der Waals surface area contributed by atoms with Crippen molar-refractivity contribution in [2.75, 3.05) is 0 Å². The van der Waals surface area contributed by atoms with E-state index in [2.05, 4.69) is 9.97 Å². The Morgan fingerprint density at radius 1 is 1.28 bits per heavy atom. The van der Waals surface area contributed by atoms with Crippen LogP contribution in [-0.2, 0) is 4.74 Å². The van der Waals surface area contributed by atoms with Crippen LogP contribution >= 0.6 is 0 Å². The van der Waals surface area contributed by atoms with Crippen molar-refractivity contribution in [3.8, 4) is 0 Å². The molecule has 2 aromatic rings. The maximum absolute atomic E-state index is 12.1. The predicted octanol–water partition coefficient (Wildman–Crippen LogP) is 3.14. The van der Waals surface area contributed by atoms with Crippen LogP contribution in [0.5, 0.6) is 0 Å². The number of imidazole rings is 1. The van der Waals surface area contributed by atoms with Crippen molar-refractivity contribution in [2.45, 2.75) is 40.2 Å². The second-order valence-electron chi connectivity index (χ2n) is 5.46. The number of hydrogen-bond donors (Lipinski definition) is 1. The number of H-pyrrole nitrogens is 1. The second-order valence-corrected chi connectivity index (χ2v) is 5.46. The largest absolute Gasteiger partial charge is 0.456 e. The van der Waals surface area contributed by atoms with Crippen LogP contribution < -0.4 is 0 Å². The van der Waals surface area contributed by atoms with E-state index in [0.29, 0.717) is 5.56 Å². The molecule has 1 aromatic heterocycles. The van der Waals surface area contributed by atoms with E-state index < -0.39 is 5.60 Å². The molecule has 0 aliphatic carbocycles. The lowest BCUT2D eigenvalue weighted by molar-refractivity contribution is 0.00689. The van der Waals surface area contributed by atoms with Crippen molar-refractivity contribution in [3.63, 3.8) is 0 Å². The minimum Gasteiger partial charge on any atom is -0.456 e. The molecule has 0 fully saturated rings. The molecule has 0 atom stereocenters. The molecule has 1 N–H and O–H groups in total. The first-order valence-electron chi connectivity index (χ1n) is 5.97. The van der Waals surface area contributed by atoms with Crippen molar-refractivity contribution in [3.05, 3.63) is 29.1 Å². The lowest BCUT2D eigenvalue weighted by atomic mass is 10.1. The number of hydrogen-bond acceptors (Lipinski definition) is 3. The number of benzene rings is 1. The summed E-state index contributed by atoms with van der Waals surface area (Å²) in [5.41, 5.74) is 2.71. The quantitative estimate of drug-likeness (QED) is 0.786. The van der Waals surface area contributed by atoms with E-state index in [1.807, 2.05) is 40.7 Å². The van der Waals surface area contributed by atoms with Crippen LogP contribution in [0.1, 0.15) is 42.5 Å². The van der Waals surface area contributed by atoms with E-state index in [4.69, 9.17) is 4.74 Å². The number of nitrogens with one attached hydrogen (secondary N) is 1. The van der Waals surface area contributed by atoms with Gasteiger partial charge in [0.25, 0.3) is 0 Å². The lowest BCUT2D eigenvalue weighted by Crippen LogP contribution is -2.24. The van der Waals surface area contributed by atoms with Gasteiger partial charge < -0.3 is 9.72 Å². The minimum atomic E-state index is -0.486. The van der Waals surface area contributed by atoms with Gasteiger partial charge >= 0.3 is 5.97 Å². The topological polar surface area (TPSA) is 55.0 Å². The highest BCUT2D eigenvalue weighted by molar-refractivity contribution is 5.96. The van der Waals surface area contributed by atoms with Crippen molar-refractivity contribution in [1.82, 2.24) is 9.97 Å². The van der Waals surface area contributed by atoms with Gasteiger partial charge in [-0.3, -0.25) is 0 Å². The molecule has 1 aromatic carbocycles. The molecule has 0 saturated heterocycles. The lowest BCUT2D eigenvalue weighted by Gasteiger charge is -2.20. The van der Waals surface area contributed by atoms with Crippen LogP contribution in [0.2, 0.25) is 0 Å². The van der Waals surface area contributed by atoms with Crippen LogP contribution in [0.15, 0.2) is 12.1 Å². The summed E-state index contributed by atoms with van der Waals surface area (Å²) < 4.78 is 5.38. The number of rotatable bonds is 1. The fourth-order valence-electron chi connectivity index (χ4n) is 1.89. The Labute approximate surface area is 106 Å². The third-order valence-corrected chi connectivity index (χ3v) is 2.64. The SMILES string of the molecule is Cc1nc2c(C)c(C(=O)OC(C)(C)C)ccc2[nH]1. The summed E-state index contributed by atoms with van der Waals surface area (Å²) >= 11 is 0. The average molecular weight is 246 g/mol. The molecule has 2 rings (SSSR count).